The number of hydrogen-bond donors (Lipinski definition) is 0. The standard InChI is InChI=1S/C17H21NO5S/c1-24(19,20)23-11-2-3-15-13(5-11)14-8-18(15)7-10-4-16-17(6-12(10)14)22-9-21-16/h4,6,11,13-15H,2-3,5,7-9H2,1H3/t11-,13+,14+,15+/m1/s1. The lowest BCUT2D eigenvalue weighted by molar-refractivity contribution is 0.0888. The van der Waals surface area contributed by atoms with Crippen molar-refractivity contribution in [2.75, 3.05) is 19.6 Å². The summed E-state index contributed by atoms with van der Waals surface area (Å²) >= 11 is 0. The van der Waals surface area contributed by atoms with Crippen LogP contribution in [-0.2, 0) is 20.8 Å². The van der Waals surface area contributed by atoms with Gasteiger partial charge in [0.2, 0.25) is 6.79 Å². The topological polar surface area (TPSA) is 65.1 Å². The minimum atomic E-state index is -3.39. The van der Waals surface area contributed by atoms with Crippen LogP contribution in [0.2, 0.25) is 0 Å². The van der Waals surface area contributed by atoms with E-state index in [9.17, 15) is 8.42 Å². The number of nitrogens with zero attached hydrogens (tertiary/aromatic N) is 1. The average molecular weight is 351 g/mol. The molecule has 5 atom stereocenters. The van der Waals surface area contributed by atoms with Gasteiger partial charge in [-0.15, -0.1) is 0 Å². The zero-order chi connectivity index (χ0) is 16.5. The Morgan fingerprint density at radius 3 is 2.79 bits per heavy atom. The highest BCUT2D eigenvalue weighted by molar-refractivity contribution is 7.86. The molecule has 5 rings (SSSR count). The van der Waals surface area contributed by atoms with Crippen molar-refractivity contribution < 1.29 is 22.1 Å². The van der Waals surface area contributed by atoms with E-state index in [0.29, 0.717) is 24.7 Å². The van der Waals surface area contributed by atoms with E-state index in [0.717, 1.165) is 50.1 Å². The number of ether oxygens (including phenoxy) is 2. The van der Waals surface area contributed by atoms with Gasteiger partial charge in [-0.3, -0.25) is 9.08 Å². The van der Waals surface area contributed by atoms with Crippen LogP contribution in [-0.4, -0.2) is 45.1 Å². The van der Waals surface area contributed by atoms with Gasteiger partial charge in [0.05, 0.1) is 12.4 Å². The Balaban J connectivity index is 1.46. The summed E-state index contributed by atoms with van der Waals surface area (Å²) in [7, 11) is -3.39. The second-order valence-electron chi connectivity index (χ2n) is 7.41. The molecule has 1 aromatic rings. The molecule has 3 aliphatic heterocycles. The van der Waals surface area contributed by atoms with Crippen LogP contribution in [0.1, 0.15) is 36.3 Å². The summed E-state index contributed by atoms with van der Waals surface area (Å²) < 4.78 is 39.3. The third-order valence-electron chi connectivity index (χ3n) is 5.95. The van der Waals surface area contributed by atoms with E-state index in [1.165, 1.54) is 11.1 Å². The van der Waals surface area contributed by atoms with E-state index >= 15 is 0 Å². The maximum Gasteiger partial charge on any atom is 0.264 e. The van der Waals surface area contributed by atoms with Gasteiger partial charge in [0.15, 0.2) is 11.5 Å². The van der Waals surface area contributed by atoms with E-state index in [4.69, 9.17) is 13.7 Å². The summed E-state index contributed by atoms with van der Waals surface area (Å²) in [5.74, 6) is 2.56. The van der Waals surface area contributed by atoms with Crippen molar-refractivity contribution in [1.29, 1.82) is 0 Å². The predicted octanol–water partition coefficient (Wildman–Crippen LogP) is 1.84. The fourth-order valence-corrected chi connectivity index (χ4v) is 5.77. The fourth-order valence-electron chi connectivity index (χ4n) is 5.10. The zero-order valence-corrected chi connectivity index (χ0v) is 14.4. The third-order valence-corrected chi connectivity index (χ3v) is 6.57. The van der Waals surface area contributed by atoms with Crippen LogP contribution in [0.3, 0.4) is 0 Å². The Morgan fingerprint density at radius 2 is 2.00 bits per heavy atom. The van der Waals surface area contributed by atoms with Crippen LogP contribution in [0, 0.1) is 5.92 Å². The van der Waals surface area contributed by atoms with E-state index in [1.807, 2.05) is 0 Å². The lowest BCUT2D eigenvalue weighted by atomic mass is 9.75. The van der Waals surface area contributed by atoms with Crippen molar-refractivity contribution in [3.05, 3.63) is 23.3 Å². The Morgan fingerprint density at radius 1 is 1.21 bits per heavy atom. The van der Waals surface area contributed by atoms with Crippen LogP contribution < -0.4 is 9.47 Å². The van der Waals surface area contributed by atoms with E-state index in [2.05, 4.69) is 17.0 Å². The lowest BCUT2D eigenvalue weighted by Gasteiger charge is -2.34. The molecule has 2 fully saturated rings. The van der Waals surface area contributed by atoms with Crippen LogP contribution in [0.25, 0.3) is 0 Å². The SMILES string of the molecule is CS(=O)(=O)O[C@@H]1CC[C@H]2[C@@H](C1)[C@H]1CN2Cc2cc3c(cc21)OCO3. The predicted molar refractivity (Wildman–Crippen MR) is 86.6 cm³/mol. The van der Waals surface area contributed by atoms with Gasteiger partial charge in [0, 0.05) is 25.0 Å². The second kappa shape index (κ2) is 5.09. The van der Waals surface area contributed by atoms with E-state index in [1.54, 1.807) is 0 Å². The van der Waals surface area contributed by atoms with Crippen molar-refractivity contribution in [1.82, 2.24) is 4.90 Å². The third kappa shape index (κ3) is 2.33. The van der Waals surface area contributed by atoms with Gasteiger partial charge < -0.3 is 9.47 Å². The second-order valence-corrected chi connectivity index (χ2v) is 9.01. The van der Waals surface area contributed by atoms with Crippen molar-refractivity contribution in [3.63, 3.8) is 0 Å². The molecule has 1 aromatic carbocycles. The van der Waals surface area contributed by atoms with Crippen LogP contribution in [0.4, 0.5) is 0 Å². The molecule has 0 radical (unpaired) electrons. The van der Waals surface area contributed by atoms with Gasteiger partial charge in [0.25, 0.3) is 10.1 Å². The number of fused-ring (bicyclic) bond motifs is 8. The molecule has 0 aromatic heterocycles. The average Bonchev–Trinajstić information content (AvgIpc) is 3.07. The molecular weight excluding hydrogens is 330 g/mol. The maximum absolute atomic E-state index is 11.5. The normalized spacial score (nSPS) is 36.3. The summed E-state index contributed by atoms with van der Waals surface area (Å²) in [6.45, 7) is 2.29. The van der Waals surface area contributed by atoms with Gasteiger partial charge in [-0.25, -0.2) is 0 Å². The Labute approximate surface area is 141 Å². The highest BCUT2D eigenvalue weighted by Gasteiger charge is 2.49. The highest BCUT2D eigenvalue weighted by Crippen LogP contribution is 2.52. The molecule has 3 heterocycles. The first-order chi connectivity index (χ1) is 11.5. The summed E-state index contributed by atoms with van der Waals surface area (Å²) in [5, 5.41) is 0. The van der Waals surface area contributed by atoms with Crippen LogP contribution in [0.5, 0.6) is 11.5 Å². The first-order valence-corrected chi connectivity index (χ1v) is 10.3. The first-order valence-electron chi connectivity index (χ1n) is 8.53. The van der Waals surface area contributed by atoms with E-state index in [-0.39, 0.29) is 6.10 Å². The molecular formula is C17H21NO5S. The molecule has 1 aliphatic carbocycles. The van der Waals surface area contributed by atoms with Crippen molar-refractivity contribution >= 4 is 10.1 Å². The maximum atomic E-state index is 11.5. The number of benzene rings is 1. The molecule has 1 saturated heterocycles. The number of hydrogen-bond acceptors (Lipinski definition) is 6. The molecule has 4 aliphatic rings. The number of rotatable bonds is 2. The van der Waals surface area contributed by atoms with Gasteiger partial charge >= 0.3 is 0 Å². The fraction of sp³-hybridized carbons (Fsp3) is 0.647. The molecule has 2 bridgehead atoms. The summed E-state index contributed by atoms with van der Waals surface area (Å²) in [6, 6.07) is 4.79. The monoisotopic (exact) mass is 351 g/mol. The van der Waals surface area contributed by atoms with Crippen LogP contribution in [0.15, 0.2) is 12.1 Å². The minimum absolute atomic E-state index is 0.181. The quantitative estimate of drug-likeness (QED) is 0.758. The molecule has 130 valence electrons. The van der Waals surface area contributed by atoms with Crippen molar-refractivity contribution in [3.8, 4) is 11.5 Å². The Kier molecular flexibility index (Phi) is 3.18. The molecule has 0 N–H and O–H groups in total. The van der Waals surface area contributed by atoms with Gasteiger partial charge in [-0.1, -0.05) is 0 Å². The largest absolute Gasteiger partial charge is 0.454 e. The summed E-state index contributed by atoms with van der Waals surface area (Å²) in [5.41, 5.74) is 2.67. The van der Waals surface area contributed by atoms with E-state index < -0.39 is 10.1 Å². The Hall–Kier alpha value is -1.31. The summed E-state index contributed by atoms with van der Waals surface area (Å²) in [6.07, 6.45) is 3.59. The first kappa shape index (κ1) is 15.0. The molecule has 24 heavy (non-hydrogen) atoms. The lowest BCUT2D eigenvalue weighted by Crippen LogP contribution is -2.38. The molecule has 1 unspecified atom stereocenters. The Bertz CT molecular complexity index is 792. The van der Waals surface area contributed by atoms with Gasteiger partial charge in [-0.2, -0.15) is 8.42 Å². The van der Waals surface area contributed by atoms with Crippen LogP contribution >= 0.6 is 0 Å². The molecule has 1 saturated carbocycles. The van der Waals surface area contributed by atoms with Crippen molar-refractivity contribution in [2.24, 2.45) is 5.92 Å². The zero-order valence-electron chi connectivity index (χ0n) is 13.6. The molecule has 0 spiro atoms. The smallest absolute Gasteiger partial charge is 0.264 e. The summed E-state index contributed by atoms with van der Waals surface area (Å²) in [4.78, 5) is 2.55. The highest BCUT2D eigenvalue weighted by atomic mass is 32.2. The minimum Gasteiger partial charge on any atom is -0.454 e. The molecule has 0 amide bonds. The van der Waals surface area contributed by atoms with Gasteiger partial charge in [0.1, 0.15) is 0 Å². The van der Waals surface area contributed by atoms with Gasteiger partial charge in [-0.05, 0) is 48.4 Å². The molecule has 6 nitrogen and oxygen atoms in total. The van der Waals surface area contributed by atoms with Crippen molar-refractivity contribution in [2.45, 2.75) is 43.9 Å². The molecule has 7 heteroatoms.